The van der Waals surface area contributed by atoms with E-state index in [0.717, 1.165) is 41.0 Å². The van der Waals surface area contributed by atoms with Crippen LogP contribution in [0, 0.1) is 0 Å². The van der Waals surface area contributed by atoms with Gasteiger partial charge in [-0.15, -0.1) is 0 Å². The van der Waals surface area contributed by atoms with Crippen LogP contribution in [0.1, 0.15) is 11.6 Å². The number of carbonyl (C=O) groups excluding carboxylic acids is 1. The SMILES string of the molecule is N[C@@H](CO)c1ccc(-c2cc3c(N4CCN(C(=O)OC5COC5)CC4)ccnn3c2)cc1. The van der Waals surface area contributed by atoms with Crippen LogP contribution in [-0.4, -0.2) is 77.8 Å². The van der Waals surface area contributed by atoms with Gasteiger partial charge in [0.05, 0.1) is 37.1 Å². The minimum absolute atomic E-state index is 0.0806. The third-order valence-electron chi connectivity index (χ3n) is 6.11. The van der Waals surface area contributed by atoms with E-state index in [1.165, 1.54) is 0 Å². The topological polar surface area (TPSA) is 106 Å². The molecule has 1 atom stereocenters. The van der Waals surface area contributed by atoms with E-state index in [4.69, 9.17) is 15.2 Å². The number of fused-ring (bicyclic) bond motifs is 1. The molecule has 1 amide bonds. The molecule has 1 aromatic carbocycles. The highest BCUT2D eigenvalue weighted by Crippen LogP contribution is 2.29. The number of aromatic nitrogens is 2. The fraction of sp³-hybridized carbons (Fsp3) is 0.391. The van der Waals surface area contributed by atoms with Gasteiger partial charge in [-0.1, -0.05) is 24.3 Å². The van der Waals surface area contributed by atoms with Crippen LogP contribution in [0.2, 0.25) is 0 Å². The highest BCUT2D eigenvalue weighted by Gasteiger charge is 2.28. The minimum atomic E-state index is -0.372. The molecule has 0 bridgehead atoms. The molecule has 2 aliphatic rings. The average molecular weight is 438 g/mol. The van der Waals surface area contributed by atoms with Crippen molar-refractivity contribution in [2.45, 2.75) is 12.1 Å². The minimum Gasteiger partial charge on any atom is -0.441 e. The van der Waals surface area contributed by atoms with Gasteiger partial charge < -0.3 is 30.1 Å². The van der Waals surface area contributed by atoms with Crippen molar-refractivity contribution >= 4 is 17.3 Å². The van der Waals surface area contributed by atoms with E-state index in [0.29, 0.717) is 26.3 Å². The molecule has 32 heavy (non-hydrogen) atoms. The molecular formula is C23H27N5O4. The number of hydrogen-bond donors (Lipinski definition) is 2. The maximum Gasteiger partial charge on any atom is 0.410 e. The Morgan fingerprint density at radius 2 is 1.91 bits per heavy atom. The van der Waals surface area contributed by atoms with Gasteiger partial charge in [0, 0.05) is 44.1 Å². The van der Waals surface area contributed by atoms with Gasteiger partial charge in [-0.2, -0.15) is 5.10 Å². The predicted molar refractivity (Wildman–Crippen MR) is 120 cm³/mol. The van der Waals surface area contributed by atoms with Crippen LogP contribution in [0.25, 0.3) is 16.6 Å². The smallest absolute Gasteiger partial charge is 0.410 e. The fourth-order valence-electron chi connectivity index (χ4n) is 4.08. The van der Waals surface area contributed by atoms with Crippen molar-refractivity contribution < 1.29 is 19.4 Å². The Labute approximate surface area is 185 Å². The van der Waals surface area contributed by atoms with Gasteiger partial charge >= 0.3 is 6.09 Å². The lowest BCUT2D eigenvalue weighted by Crippen LogP contribution is -2.51. The Bertz CT molecular complexity index is 1090. The molecule has 9 nitrogen and oxygen atoms in total. The van der Waals surface area contributed by atoms with Crippen LogP contribution < -0.4 is 10.6 Å². The van der Waals surface area contributed by atoms with Crippen molar-refractivity contribution in [3.63, 3.8) is 0 Å². The first kappa shape index (κ1) is 20.7. The summed E-state index contributed by atoms with van der Waals surface area (Å²) in [5, 5.41) is 13.7. The molecule has 2 aliphatic heterocycles. The third-order valence-corrected chi connectivity index (χ3v) is 6.11. The number of ether oxygens (including phenoxy) is 2. The molecule has 0 unspecified atom stereocenters. The molecule has 2 aromatic heterocycles. The largest absolute Gasteiger partial charge is 0.441 e. The number of amides is 1. The summed E-state index contributed by atoms with van der Waals surface area (Å²) in [7, 11) is 0. The standard InChI is InChI=1S/C23H27N5O4/c24-20(13-29)17-3-1-16(2-4-17)18-11-22-21(5-6-25-28(22)12-18)26-7-9-27(10-8-26)23(30)32-19-14-31-15-19/h1-6,11-12,19-20,29H,7-10,13-15,24H2/t20-/m0/s1. The van der Waals surface area contributed by atoms with Gasteiger partial charge in [-0.3, -0.25) is 0 Å². The number of benzene rings is 1. The molecule has 3 aromatic rings. The molecule has 2 saturated heterocycles. The van der Waals surface area contributed by atoms with E-state index in [-0.39, 0.29) is 24.8 Å². The molecule has 5 rings (SSSR count). The second-order valence-corrected chi connectivity index (χ2v) is 8.20. The number of nitrogens with two attached hydrogens (primary N) is 1. The first-order valence-corrected chi connectivity index (χ1v) is 10.8. The van der Waals surface area contributed by atoms with Crippen LogP contribution in [0.5, 0.6) is 0 Å². The number of carbonyl (C=O) groups is 1. The summed E-state index contributed by atoms with van der Waals surface area (Å²) < 4.78 is 12.4. The summed E-state index contributed by atoms with van der Waals surface area (Å²) in [6.07, 6.45) is 3.45. The van der Waals surface area contributed by atoms with E-state index in [9.17, 15) is 9.90 Å². The second-order valence-electron chi connectivity index (χ2n) is 8.20. The number of piperazine rings is 1. The molecular weight excluding hydrogens is 410 g/mol. The number of anilines is 1. The molecule has 2 fully saturated rings. The summed E-state index contributed by atoms with van der Waals surface area (Å²) >= 11 is 0. The second kappa shape index (κ2) is 8.78. The summed E-state index contributed by atoms with van der Waals surface area (Å²) in [6, 6.07) is 11.7. The first-order chi connectivity index (χ1) is 15.6. The van der Waals surface area contributed by atoms with E-state index in [1.807, 2.05) is 41.0 Å². The van der Waals surface area contributed by atoms with Crippen molar-refractivity contribution in [1.82, 2.24) is 14.5 Å². The predicted octanol–water partition coefficient (Wildman–Crippen LogP) is 1.65. The quantitative estimate of drug-likeness (QED) is 0.625. The van der Waals surface area contributed by atoms with Gasteiger partial charge in [-0.25, -0.2) is 9.31 Å². The fourth-order valence-corrected chi connectivity index (χ4v) is 4.08. The summed E-state index contributed by atoms with van der Waals surface area (Å²) in [6.45, 7) is 3.58. The zero-order valence-corrected chi connectivity index (χ0v) is 17.8. The van der Waals surface area contributed by atoms with E-state index in [1.54, 1.807) is 11.1 Å². The lowest BCUT2D eigenvalue weighted by Gasteiger charge is -2.37. The number of aliphatic hydroxyl groups excluding tert-OH is 1. The first-order valence-electron chi connectivity index (χ1n) is 10.8. The molecule has 4 heterocycles. The lowest BCUT2D eigenvalue weighted by molar-refractivity contribution is -0.104. The van der Waals surface area contributed by atoms with E-state index in [2.05, 4.69) is 16.1 Å². The maximum atomic E-state index is 12.3. The number of nitrogens with zero attached hydrogens (tertiary/aromatic N) is 4. The monoisotopic (exact) mass is 437 g/mol. The number of hydrogen-bond acceptors (Lipinski definition) is 7. The van der Waals surface area contributed by atoms with Crippen LogP contribution in [-0.2, 0) is 9.47 Å². The Morgan fingerprint density at radius 3 is 2.56 bits per heavy atom. The van der Waals surface area contributed by atoms with Gasteiger partial charge in [-0.05, 0) is 23.3 Å². The highest BCUT2D eigenvalue weighted by atomic mass is 16.6. The van der Waals surface area contributed by atoms with E-state index >= 15 is 0 Å². The Hall–Kier alpha value is -3.14. The van der Waals surface area contributed by atoms with Crippen molar-refractivity contribution in [3.05, 3.63) is 54.4 Å². The summed E-state index contributed by atoms with van der Waals surface area (Å²) in [5.74, 6) is 0. The molecule has 9 heteroatoms. The van der Waals surface area contributed by atoms with Crippen LogP contribution in [0.4, 0.5) is 10.5 Å². The average Bonchev–Trinajstić information content (AvgIpc) is 3.25. The molecule has 0 saturated carbocycles. The Balaban J connectivity index is 1.31. The molecule has 0 spiro atoms. The molecule has 0 radical (unpaired) electrons. The van der Waals surface area contributed by atoms with E-state index < -0.39 is 0 Å². The van der Waals surface area contributed by atoms with Gasteiger partial charge in [0.1, 0.15) is 0 Å². The van der Waals surface area contributed by atoms with Gasteiger partial charge in [0.15, 0.2) is 6.10 Å². The zero-order chi connectivity index (χ0) is 22.1. The van der Waals surface area contributed by atoms with Gasteiger partial charge in [0.2, 0.25) is 0 Å². The molecule has 168 valence electrons. The van der Waals surface area contributed by atoms with Crippen molar-refractivity contribution in [1.29, 1.82) is 0 Å². The lowest BCUT2D eigenvalue weighted by atomic mass is 10.0. The Kier molecular flexibility index (Phi) is 5.69. The maximum absolute atomic E-state index is 12.3. The zero-order valence-electron chi connectivity index (χ0n) is 17.8. The van der Waals surface area contributed by atoms with Crippen LogP contribution in [0.15, 0.2) is 48.8 Å². The van der Waals surface area contributed by atoms with Crippen molar-refractivity contribution in [2.24, 2.45) is 5.73 Å². The summed E-state index contributed by atoms with van der Waals surface area (Å²) in [5.41, 5.74) is 11.0. The van der Waals surface area contributed by atoms with Crippen molar-refractivity contribution in [2.75, 3.05) is 50.9 Å². The van der Waals surface area contributed by atoms with Gasteiger partial charge in [0.25, 0.3) is 0 Å². The number of aliphatic hydroxyl groups is 1. The molecule has 3 N–H and O–H groups in total. The third kappa shape index (κ3) is 4.02. The van der Waals surface area contributed by atoms with Crippen LogP contribution >= 0.6 is 0 Å². The normalized spacial score (nSPS) is 17.9. The Morgan fingerprint density at radius 1 is 1.16 bits per heavy atom. The highest BCUT2D eigenvalue weighted by molar-refractivity contribution is 5.80. The summed E-state index contributed by atoms with van der Waals surface area (Å²) in [4.78, 5) is 16.3. The molecule has 0 aliphatic carbocycles. The van der Waals surface area contributed by atoms with Crippen molar-refractivity contribution in [3.8, 4) is 11.1 Å². The van der Waals surface area contributed by atoms with Crippen LogP contribution in [0.3, 0.4) is 0 Å². The number of rotatable bonds is 5.